The van der Waals surface area contributed by atoms with E-state index in [-0.39, 0.29) is 12.0 Å². The molecule has 0 saturated heterocycles. The molecular formula is C19H22O2. The Morgan fingerprint density at radius 1 is 1.10 bits per heavy atom. The number of hydrogen-bond donors (Lipinski definition) is 1. The summed E-state index contributed by atoms with van der Waals surface area (Å²) in [5.74, 6) is 0.911. The predicted octanol–water partition coefficient (Wildman–Crippen LogP) is 3.50. The molecule has 0 aliphatic heterocycles. The number of hydrogen-bond acceptors (Lipinski definition) is 2. The molecule has 0 radical (unpaired) electrons. The van der Waals surface area contributed by atoms with Gasteiger partial charge in [-0.15, -0.1) is 0 Å². The zero-order valence-corrected chi connectivity index (χ0v) is 12.5. The van der Waals surface area contributed by atoms with E-state index in [9.17, 15) is 5.11 Å². The first kappa shape index (κ1) is 14.2. The molecule has 2 aromatic rings. The summed E-state index contributed by atoms with van der Waals surface area (Å²) in [5.41, 5.74) is 3.69. The van der Waals surface area contributed by atoms with Crippen LogP contribution < -0.4 is 4.74 Å². The summed E-state index contributed by atoms with van der Waals surface area (Å²) in [6.07, 6.45) is 4.10. The van der Waals surface area contributed by atoms with Crippen LogP contribution in [-0.4, -0.2) is 18.8 Å². The van der Waals surface area contributed by atoms with Crippen LogP contribution in [0.4, 0.5) is 0 Å². The van der Waals surface area contributed by atoms with Crippen LogP contribution in [0.25, 0.3) is 0 Å². The van der Waals surface area contributed by atoms with Crippen LogP contribution in [0.2, 0.25) is 0 Å². The molecule has 0 aromatic heterocycles. The van der Waals surface area contributed by atoms with Crippen molar-refractivity contribution in [2.24, 2.45) is 0 Å². The van der Waals surface area contributed by atoms with Crippen molar-refractivity contribution in [2.75, 3.05) is 13.7 Å². The van der Waals surface area contributed by atoms with E-state index in [1.54, 1.807) is 7.11 Å². The van der Waals surface area contributed by atoms with E-state index in [1.165, 1.54) is 16.7 Å². The standard InChI is InChI=1S/C19H22O2/c1-21-18-11-5-3-8-16(18)13-19(14-20)12-6-9-15-7-2-4-10-17(15)19/h2-5,7-8,10-11,20H,6,9,12-14H2,1H3. The molecule has 0 saturated carbocycles. The third-order valence-electron chi connectivity index (χ3n) is 4.71. The summed E-state index contributed by atoms with van der Waals surface area (Å²) in [4.78, 5) is 0. The second-order valence-electron chi connectivity index (χ2n) is 5.94. The molecule has 0 amide bonds. The summed E-state index contributed by atoms with van der Waals surface area (Å²) in [6, 6.07) is 16.7. The van der Waals surface area contributed by atoms with E-state index < -0.39 is 0 Å². The van der Waals surface area contributed by atoms with Crippen LogP contribution in [0.1, 0.15) is 29.5 Å². The van der Waals surface area contributed by atoms with Gasteiger partial charge in [0.2, 0.25) is 0 Å². The van der Waals surface area contributed by atoms with E-state index in [0.717, 1.165) is 31.4 Å². The van der Waals surface area contributed by atoms with Gasteiger partial charge >= 0.3 is 0 Å². The Hall–Kier alpha value is -1.80. The molecular weight excluding hydrogens is 260 g/mol. The largest absolute Gasteiger partial charge is 0.496 e. The highest BCUT2D eigenvalue weighted by atomic mass is 16.5. The SMILES string of the molecule is COc1ccccc1CC1(CO)CCCc2ccccc21. The van der Waals surface area contributed by atoms with E-state index in [2.05, 4.69) is 30.3 Å². The number of benzene rings is 2. The van der Waals surface area contributed by atoms with Gasteiger partial charge in [-0.05, 0) is 48.4 Å². The van der Waals surface area contributed by atoms with Gasteiger partial charge < -0.3 is 9.84 Å². The highest BCUT2D eigenvalue weighted by molar-refractivity contribution is 5.42. The van der Waals surface area contributed by atoms with Crippen LogP contribution in [-0.2, 0) is 18.3 Å². The average Bonchev–Trinajstić information content (AvgIpc) is 2.55. The topological polar surface area (TPSA) is 29.5 Å². The van der Waals surface area contributed by atoms with Crippen molar-refractivity contribution >= 4 is 0 Å². The highest BCUT2D eigenvalue weighted by Crippen LogP contribution is 2.41. The number of aryl methyl sites for hydroxylation is 1. The van der Waals surface area contributed by atoms with E-state index in [4.69, 9.17) is 4.74 Å². The van der Waals surface area contributed by atoms with Crippen LogP contribution >= 0.6 is 0 Å². The van der Waals surface area contributed by atoms with Crippen molar-refractivity contribution in [1.29, 1.82) is 0 Å². The predicted molar refractivity (Wildman–Crippen MR) is 84.8 cm³/mol. The fraction of sp³-hybridized carbons (Fsp3) is 0.368. The maximum atomic E-state index is 10.2. The number of rotatable bonds is 4. The van der Waals surface area contributed by atoms with Crippen molar-refractivity contribution in [2.45, 2.75) is 31.1 Å². The molecule has 0 fully saturated rings. The Morgan fingerprint density at radius 3 is 2.67 bits per heavy atom. The molecule has 0 bridgehead atoms. The van der Waals surface area contributed by atoms with Gasteiger partial charge in [-0.2, -0.15) is 0 Å². The molecule has 2 heteroatoms. The van der Waals surface area contributed by atoms with Crippen LogP contribution in [0.3, 0.4) is 0 Å². The quantitative estimate of drug-likeness (QED) is 0.930. The first-order chi connectivity index (χ1) is 10.3. The molecule has 1 aliphatic carbocycles. The van der Waals surface area contributed by atoms with Gasteiger partial charge in [0.25, 0.3) is 0 Å². The molecule has 0 spiro atoms. The molecule has 1 aliphatic rings. The van der Waals surface area contributed by atoms with Crippen molar-refractivity contribution in [3.05, 3.63) is 65.2 Å². The lowest BCUT2D eigenvalue weighted by Gasteiger charge is -2.38. The van der Waals surface area contributed by atoms with Gasteiger partial charge in [-0.1, -0.05) is 42.5 Å². The molecule has 2 nitrogen and oxygen atoms in total. The summed E-state index contributed by atoms with van der Waals surface area (Å²) >= 11 is 0. The number of methoxy groups -OCH3 is 1. The molecule has 3 rings (SSSR count). The maximum absolute atomic E-state index is 10.2. The van der Waals surface area contributed by atoms with Crippen LogP contribution in [0.5, 0.6) is 5.75 Å². The lowest BCUT2D eigenvalue weighted by atomic mass is 9.67. The Bertz CT molecular complexity index is 620. The van der Waals surface area contributed by atoms with Gasteiger partial charge in [0, 0.05) is 5.41 Å². The number of aliphatic hydroxyl groups excluding tert-OH is 1. The van der Waals surface area contributed by atoms with Gasteiger partial charge in [-0.25, -0.2) is 0 Å². The zero-order valence-electron chi connectivity index (χ0n) is 12.5. The monoisotopic (exact) mass is 282 g/mol. The molecule has 1 N–H and O–H groups in total. The number of para-hydroxylation sites is 1. The van der Waals surface area contributed by atoms with Crippen LogP contribution in [0.15, 0.2) is 48.5 Å². The second kappa shape index (κ2) is 5.90. The first-order valence-corrected chi connectivity index (χ1v) is 7.60. The van der Waals surface area contributed by atoms with E-state index in [0.29, 0.717) is 0 Å². The van der Waals surface area contributed by atoms with Crippen molar-refractivity contribution in [3.8, 4) is 5.75 Å². The Morgan fingerprint density at radius 2 is 1.86 bits per heavy atom. The van der Waals surface area contributed by atoms with Gasteiger partial charge in [-0.3, -0.25) is 0 Å². The molecule has 1 unspecified atom stereocenters. The molecule has 0 heterocycles. The Balaban J connectivity index is 2.02. The van der Waals surface area contributed by atoms with Crippen molar-refractivity contribution < 1.29 is 9.84 Å². The lowest BCUT2D eigenvalue weighted by molar-refractivity contribution is 0.172. The molecule has 21 heavy (non-hydrogen) atoms. The second-order valence-corrected chi connectivity index (χ2v) is 5.94. The number of ether oxygens (including phenoxy) is 1. The van der Waals surface area contributed by atoms with Gasteiger partial charge in [0.1, 0.15) is 5.75 Å². The van der Waals surface area contributed by atoms with Crippen LogP contribution in [0, 0.1) is 0 Å². The lowest BCUT2D eigenvalue weighted by Crippen LogP contribution is -2.37. The van der Waals surface area contributed by atoms with Gasteiger partial charge in [0.05, 0.1) is 13.7 Å². The Labute approximate surface area is 126 Å². The van der Waals surface area contributed by atoms with Crippen molar-refractivity contribution in [3.63, 3.8) is 0 Å². The normalized spacial score (nSPS) is 20.9. The maximum Gasteiger partial charge on any atom is 0.122 e. The van der Waals surface area contributed by atoms with E-state index in [1.807, 2.05) is 18.2 Å². The summed E-state index contributed by atoms with van der Waals surface area (Å²) in [6.45, 7) is 0.183. The summed E-state index contributed by atoms with van der Waals surface area (Å²) in [7, 11) is 1.71. The molecule has 1 atom stereocenters. The minimum absolute atomic E-state index is 0.177. The molecule has 2 aromatic carbocycles. The minimum atomic E-state index is -0.177. The molecule has 110 valence electrons. The van der Waals surface area contributed by atoms with Crippen molar-refractivity contribution in [1.82, 2.24) is 0 Å². The summed E-state index contributed by atoms with van der Waals surface area (Å²) in [5, 5.41) is 10.2. The van der Waals surface area contributed by atoms with E-state index >= 15 is 0 Å². The smallest absolute Gasteiger partial charge is 0.122 e. The fourth-order valence-corrected chi connectivity index (χ4v) is 3.62. The first-order valence-electron chi connectivity index (χ1n) is 7.60. The Kier molecular flexibility index (Phi) is 3.98. The number of aliphatic hydroxyl groups is 1. The summed E-state index contributed by atoms with van der Waals surface area (Å²) < 4.78 is 5.48. The minimum Gasteiger partial charge on any atom is -0.496 e. The third-order valence-corrected chi connectivity index (χ3v) is 4.71. The highest BCUT2D eigenvalue weighted by Gasteiger charge is 2.36. The zero-order chi connectivity index (χ0) is 14.7. The third kappa shape index (κ3) is 2.56. The fourth-order valence-electron chi connectivity index (χ4n) is 3.62. The number of fused-ring (bicyclic) bond motifs is 1. The average molecular weight is 282 g/mol. The van der Waals surface area contributed by atoms with Gasteiger partial charge in [0.15, 0.2) is 0 Å².